The molecule has 0 fully saturated rings. The summed E-state index contributed by atoms with van der Waals surface area (Å²) in [7, 11) is 0. The monoisotopic (exact) mass is 362 g/mol. The van der Waals surface area contributed by atoms with Gasteiger partial charge in [0.25, 0.3) is 0 Å². The van der Waals surface area contributed by atoms with Crippen LogP contribution in [0.4, 0.5) is 11.4 Å². The Bertz CT molecular complexity index is 1100. The van der Waals surface area contributed by atoms with E-state index < -0.39 is 0 Å². The van der Waals surface area contributed by atoms with E-state index in [9.17, 15) is 14.4 Å². The summed E-state index contributed by atoms with van der Waals surface area (Å²) in [6.45, 7) is 3.32. The van der Waals surface area contributed by atoms with Gasteiger partial charge in [-0.1, -0.05) is 11.6 Å². The van der Waals surface area contributed by atoms with E-state index >= 15 is 0 Å². The molecule has 136 valence electrons. The zero-order chi connectivity index (χ0) is 19.4. The van der Waals surface area contributed by atoms with E-state index in [1.807, 2.05) is 13.0 Å². The molecule has 0 unspecified atom stereocenters. The molecule has 6 heteroatoms. The maximum Gasteiger partial charge on any atom is 0.248 e. The van der Waals surface area contributed by atoms with Gasteiger partial charge in [0, 0.05) is 24.4 Å². The van der Waals surface area contributed by atoms with Crippen LogP contribution in [-0.2, 0) is 9.59 Å². The number of hydrogen-bond donors (Lipinski definition) is 2. The van der Waals surface area contributed by atoms with Crippen molar-refractivity contribution in [2.45, 2.75) is 13.8 Å². The minimum absolute atomic E-state index is 0.167. The molecule has 0 aliphatic heterocycles. The zero-order valence-electron chi connectivity index (χ0n) is 14.9. The van der Waals surface area contributed by atoms with Crippen LogP contribution in [0.3, 0.4) is 0 Å². The number of rotatable bonds is 4. The molecule has 0 spiro atoms. The molecule has 2 aromatic carbocycles. The van der Waals surface area contributed by atoms with E-state index in [-0.39, 0.29) is 17.2 Å². The Hall–Kier alpha value is -3.67. The second-order valence-electron chi connectivity index (χ2n) is 6.10. The molecule has 2 amide bonds. The highest BCUT2D eigenvalue weighted by atomic mass is 16.3. The number of aryl methyl sites for hydroxylation is 1. The number of nitrogens with one attached hydrogen (secondary N) is 2. The standard InChI is InChI=1S/C21H18N2O4/c1-13-3-9-19-18(11-13)21(26)15(12-27-19)4-10-20(25)23-17-7-5-16(6-8-17)22-14(2)24/h3-12H,1-2H3,(H,22,24)(H,23,25)/b10-4+. The van der Waals surface area contributed by atoms with Crippen LogP contribution in [0, 0.1) is 6.92 Å². The molecule has 27 heavy (non-hydrogen) atoms. The number of anilines is 2. The van der Waals surface area contributed by atoms with Crippen molar-refractivity contribution in [2.24, 2.45) is 0 Å². The van der Waals surface area contributed by atoms with Crippen molar-refractivity contribution in [1.82, 2.24) is 0 Å². The summed E-state index contributed by atoms with van der Waals surface area (Å²) < 4.78 is 5.46. The Morgan fingerprint density at radius 2 is 1.67 bits per heavy atom. The van der Waals surface area contributed by atoms with E-state index in [1.165, 1.54) is 25.3 Å². The lowest BCUT2D eigenvalue weighted by molar-refractivity contribution is -0.114. The fraction of sp³-hybridized carbons (Fsp3) is 0.0952. The summed E-state index contributed by atoms with van der Waals surface area (Å²) in [5.41, 5.74) is 2.77. The lowest BCUT2D eigenvalue weighted by Gasteiger charge is -2.05. The van der Waals surface area contributed by atoms with Crippen molar-refractivity contribution in [2.75, 3.05) is 10.6 Å². The van der Waals surface area contributed by atoms with Crippen LogP contribution in [0.2, 0.25) is 0 Å². The Labute approximate surface area is 155 Å². The summed E-state index contributed by atoms with van der Waals surface area (Å²) in [4.78, 5) is 35.6. The fourth-order valence-electron chi connectivity index (χ4n) is 2.56. The van der Waals surface area contributed by atoms with Crippen LogP contribution in [0.15, 0.2) is 64.0 Å². The van der Waals surface area contributed by atoms with E-state index in [0.29, 0.717) is 27.9 Å². The molecule has 1 aromatic heterocycles. The van der Waals surface area contributed by atoms with Crippen LogP contribution in [0.5, 0.6) is 0 Å². The first-order valence-electron chi connectivity index (χ1n) is 8.31. The molecule has 3 aromatic rings. The third-order valence-corrected chi connectivity index (χ3v) is 3.84. The Morgan fingerprint density at radius 1 is 1.00 bits per heavy atom. The summed E-state index contributed by atoms with van der Waals surface area (Å²) >= 11 is 0. The summed E-state index contributed by atoms with van der Waals surface area (Å²) in [6, 6.07) is 12.1. The van der Waals surface area contributed by atoms with Gasteiger partial charge in [0.15, 0.2) is 5.43 Å². The first-order valence-corrected chi connectivity index (χ1v) is 8.31. The van der Waals surface area contributed by atoms with Crippen LogP contribution >= 0.6 is 0 Å². The summed E-state index contributed by atoms with van der Waals surface area (Å²) in [6.07, 6.45) is 4.04. The quantitative estimate of drug-likeness (QED) is 0.693. The summed E-state index contributed by atoms with van der Waals surface area (Å²) in [5, 5.41) is 5.81. The molecule has 0 saturated heterocycles. The molecular formula is C21H18N2O4. The highest BCUT2D eigenvalue weighted by Gasteiger charge is 2.06. The third kappa shape index (κ3) is 4.49. The van der Waals surface area contributed by atoms with Gasteiger partial charge in [0.1, 0.15) is 11.8 Å². The fourth-order valence-corrected chi connectivity index (χ4v) is 2.56. The maximum atomic E-state index is 12.5. The number of carbonyl (C=O) groups excluding carboxylic acids is 2. The zero-order valence-corrected chi connectivity index (χ0v) is 14.9. The summed E-state index contributed by atoms with van der Waals surface area (Å²) in [5.74, 6) is -0.551. The molecule has 2 N–H and O–H groups in total. The Balaban J connectivity index is 1.73. The molecule has 0 bridgehead atoms. The van der Waals surface area contributed by atoms with Gasteiger partial charge < -0.3 is 15.1 Å². The van der Waals surface area contributed by atoms with Crippen molar-refractivity contribution in [3.63, 3.8) is 0 Å². The van der Waals surface area contributed by atoms with E-state index in [2.05, 4.69) is 10.6 Å². The molecule has 6 nitrogen and oxygen atoms in total. The lowest BCUT2D eigenvalue weighted by Crippen LogP contribution is -2.10. The second kappa shape index (κ2) is 7.70. The van der Waals surface area contributed by atoms with Gasteiger partial charge in [-0.05, 0) is 49.4 Å². The lowest BCUT2D eigenvalue weighted by atomic mass is 10.1. The number of carbonyl (C=O) groups is 2. The molecule has 0 saturated carbocycles. The van der Waals surface area contributed by atoms with Gasteiger partial charge in [-0.2, -0.15) is 0 Å². The van der Waals surface area contributed by atoms with E-state index in [0.717, 1.165) is 5.56 Å². The number of amides is 2. The Kier molecular flexibility index (Phi) is 5.17. The predicted octanol–water partition coefficient (Wildman–Crippen LogP) is 3.71. The van der Waals surface area contributed by atoms with E-state index in [1.54, 1.807) is 36.4 Å². The van der Waals surface area contributed by atoms with Gasteiger partial charge in [0.2, 0.25) is 11.8 Å². The smallest absolute Gasteiger partial charge is 0.248 e. The van der Waals surface area contributed by atoms with E-state index in [4.69, 9.17) is 4.42 Å². The van der Waals surface area contributed by atoms with Crippen LogP contribution < -0.4 is 16.1 Å². The van der Waals surface area contributed by atoms with Crippen LogP contribution in [0.25, 0.3) is 17.0 Å². The third-order valence-electron chi connectivity index (χ3n) is 3.84. The van der Waals surface area contributed by atoms with Crippen LogP contribution in [-0.4, -0.2) is 11.8 Å². The average Bonchev–Trinajstić information content (AvgIpc) is 2.63. The minimum Gasteiger partial charge on any atom is -0.463 e. The van der Waals surface area contributed by atoms with Crippen molar-refractivity contribution < 1.29 is 14.0 Å². The number of fused-ring (bicyclic) bond motifs is 1. The molecule has 0 radical (unpaired) electrons. The van der Waals surface area contributed by atoms with Crippen molar-refractivity contribution in [1.29, 1.82) is 0 Å². The van der Waals surface area contributed by atoms with Gasteiger partial charge >= 0.3 is 0 Å². The first kappa shape index (κ1) is 18.1. The first-order chi connectivity index (χ1) is 12.9. The maximum absolute atomic E-state index is 12.5. The largest absolute Gasteiger partial charge is 0.463 e. The van der Waals surface area contributed by atoms with Crippen LogP contribution in [0.1, 0.15) is 18.1 Å². The van der Waals surface area contributed by atoms with Crippen molar-refractivity contribution >= 4 is 40.2 Å². The molecule has 0 aliphatic rings. The minimum atomic E-state index is -0.383. The highest BCUT2D eigenvalue weighted by molar-refractivity contribution is 6.02. The molecule has 1 heterocycles. The molecule has 0 aliphatic carbocycles. The van der Waals surface area contributed by atoms with Gasteiger partial charge in [-0.3, -0.25) is 14.4 Å². The highest BCUT2D eigenvalue weighted by Crippen LogP contribution is 2.15. The topological polar surface area (TPSA) is 88.4 Å². The van der Waals surface area contributed by atoms with Gasteiger partial charge in [-0.25, -0.2) is 0 Å². The van der Waals surface area contributed by atoms with Crippen molar-refractivity contribution in [3.8, 4) is 0 Å². The normalized spacial score (nSPS) is 10.9. The Morgan fingerprint density at radius 3 is 2.33 bits per heavy atom. The number of hydrogen-bond acceptors (Lipinski definition) is 4. The molecule has 3 rings (SSSR count). The average molecular weight is 362 g/mol. The molecular weight excluding hydrogens is 344 g/mol. The number of benzene rings is 2. The SMILES string of the molecule is CC(=O)Nc1ccc(NC(=O)/C=C/c2coc3ccc(C)cc3c2=O)cc1. The van der Waals surface area contributed by atoms with Gasteiger partial charge in [0.05, 0.1) is 10.9 Å². The van der Waals surface area contributed by atoms with Gasteiger partial charge in [-0.15, -0.1) is 0 Å². The second-order valence-corrected chi connectivity index (χ2v) is 6.10. The molecule has 0 atom stereocenters. The predicted molar refractivity (Wildman–Crippen MR) is 106 cm³/mol. The van der Waals surface area contributed by atoms with Crippen molar-refractivity contribution in [3.05, 3.63) is 76.2 Å².